The van der Waals surface area contributed by atoms with Gasteiger partial charge in [-0.15, -0.1) is 0 Å². The number of fused-ring (bicyclic) bond motifs is 7. The number of hydrogen-bond acceptors (Lipinski definition) is 4. The average molecular weight is 515 g/mol. The predicted molar refractivity (Wildman–Crippen MR) is 141 cm³/mol. The van der Waals surface area contributed by atoms with Crippen molar-refractivity contribution < 1.29 is 23.5 Å². The van der Waals surface area contributed by atoms with E-state index in [0.29, 0.717) is 18.3 Å². The molecule has 5 aliphatic rings. The van der Waals surface area contributed by atoms with Crippen molar-refractivity contribution in [2.24, 2.45) is 50.7 Å². The highest BCUT2D eigenvalue weighted by atomic mass is 19.1. The van der Waals surface area contributed by atoms with Gasteiger partial charge in [0.25, 0.3) is 0 Å². The summed E-state index contributed by atoms with van der Waals surface area (Å²) in [4.78, 5) is 37.7. The maximum Gasteiger partial charge on any atom is 0.312 e. The normalized spacial score (nSPS) is 46.6. The van der Waals surface area contributed by atoms with E-state index in [4.69, 9.17) is 4.74 Å². The van der Waals surface area contributed by atoms with E-state index in [2.05, 4.69) is 34.6 Å². The minimum atomic E-state index is -1.29. The van der Waals surface area contributed by atoms with Crippen molar-refractivity contribution >= 4 is 17.8 Å². The Balaban J connectivity index is 1.57. The molecule has 4 nitrogen and oxygen atoms in total. The molecule has 0 spiro atoms. The highest BCUT2D eigenvalue weighted by Gasteiger charge is 2.71. The van der Waals surface area contributed by atoms with Gasteiger partial charge in [0.15, 0.2) is 5.78 Å². The zero-order valence-corrected chi connectivity index (χ0v) is 24.3. The Kier molecular flexibility index (Phi) is 6.03. The SMILES string of the molecule is CC(=O)OC1CCC2(C)C(CCC3(C)C2CCC2C4=C(C(C)C)C(=O)C[C@]4(C(=O)F)CCC23C)C1(C)C. The Hall–Kier alpha value is -1.52. The molecule has 5 rings (SSSR count). The third-order valence-corrected chi connectivity index (χ3v) is 13.1. The van der Waals surface area contributed by atoms with Crippen LogP contribution in [0.15, 0.2) is 11.1 Å². The lowest BCUT2D eigenvalue weighted by Crippen LogP contribution is -2.66. The van der Waals surface area contributed by atoms with Crippen molar-refractivity contribution in [2.75, 3.05) is 0 Å². The van der Waals surface area contributed by atoms with Crippen molar-refractivity contribution in [3.05, 3.63) is 11.1 Å². The predicted octanol–water partition coefficient (Wildman–Crippen LogP) is 7.39. The average Bonchev–Trinajstić information content (AvgIpc) is 3.09. The minimum Gasteiger partial charge on any atom is -0.462 e. The van der Waals surface area contributed by atoms with E-state index >= 15 is 0 Å². The summed E-state index contributed by atoms with van der Waals surface area (Å²) in [6, 6.07) is -1.29. The second-order valence-electron chi connectivity index (χ2n) is 15.0. The van der Waals surface area contributed by atoms with Gasteiger partial charge in [0.1, 0.15) is 6.10 Å². The van der Waals surface area contributed by atoms with Crippen molar-refractivity contribution in [3.8, 4) is 0 Å². The summed E-state index contributed by atoms with van der Waals surface area (Å²) in [5, 5.41) is 0. The van der Waals surface area contributed by atoms with E-state index in [1.165, 1.54) is 6.92 Å². The fourth-order valence-corrected chi connectivity index (χ4v) is 11.2. The maximum atomic E-state index is 14.9. The number of carbonyl (C=O) groups is 3. The second-order valence-corrected chi connectivity index (χ2v) is 15.0. The minimum absolute atomic E-state index is 0.00205. The lowest BCUT2D eigenvalue weighted by atomic mass is 9.33. The van der Waals surface area contributed by atoms with E-state index in [1.54, 1.807) is 0 Å². The van der Waals surface area contributed by atoms with E-state index in [9.17, 15) is 18.8 Å². The van der Waals surface area contributed by atoms with Crippen LogP contribution in [0.25, 0.3) is 0 Å². The number of ketones is 1. The molecule has 0 aromatic rings. The summed E-state index contributed by atoms with van der Waals surface area (Å²) in [6.07, 6.45) is 7.29. The lowest BCUT2D eigenvalue weighted by Gasteiger charge is -2.72. The summed E-state index contributed by atoms with van der Waals surface area (Å²) in [5.41, 5.74) is 0.427. The Morgan fingerprint density at radius 1 is 0.892 bits per heavy atom. The molecule has 0 heterocycles. The highest BCUT2D eigenvalue weighted by Crippen LogP contribution is 2.76. The fourth-order valence-electron chi connectivity index (χ4n) is 11.2. The number of rotatable bonds is 3. The highest BCUT2D eigenvalue weighted by molar-refractivity contribution is 6.05. The van der Waals surface area contributed by atoms with Gasteiger partial charge >= 0.3 is 12.0 Å². The van der Waals surface area contributed by atoms with Crippen LogP contribution in [0.2, 0.25) is 0 Å². The lowest BCUT2D eigenvalue weighted by molar-refractivity contribution is -0.232. The van der Waals surface area contributed by atoms with Crippen LogP contribution in [0.3, 0.4) is 0 Å². The van der Waals surface area contributed by atoms with E-state index < -0.39 is 11.5 Å². The van der Waals surface area contributed by atoms with Gasteiger partial charge in [-0.25, -0.2) is 0 Å². The van der Waals surface area contributed by atoms with Gasteiger partial charge in [0.2, 0.25) is 0 Å². The van der Waals surface area contributed by atoms with Crippen LogP contribution in [-0.4, -0.2) is 23.9 Å². The van der Waals surface area contributed by atoms with Crippen LogP contribution in [-0.2, 0) is 19.1 Å². The number of Topliss-reactive ketones (excluding diaryl/α,β-unsaturated/α-hetero) is 1. The third kappa shape index (κ3) is 3.33. The van der Waals surface area contributed by atoms with Crippen LogP contribution in [0.5, 0.6) is 0 Å². The molecule has 0 saturated heterocycles. The molecule has 5 heteroatoms. The molecule has 206 valence electrons. The Bertz CT molecular complexity index is 1070. The maximum absolute atomic E-state index is 14.9. The Morgan fingerprint density at radius 3 is 2.16 bits per heavy atom. The molecule has 0 radical (unpaired) electrons. The molecule has 0 aliphatic heterocycles. The molecule has 0 aromatic carbocycles. The largest absolute Gasteiger partial charge is 0.462 e. The first kappa shape index (κ1) is 27.1. The number of allylic oxidation sites excluding steroid dienone is 2. The molecule has 5 aliphatic carbocycles. The van der Waals surface area contributed by atoms with Crippen molar-refractivity contribution in [1.29, 1.82) is 0 Å². The number of halogens is 1. The van der Waals surface area contributed by atoms with Gasteiger partial charge in [-0.3, -0.25) is 14.4 Å². The second kappa shape index (κ2) is 8.24. The summed E-state index contributed by atoms with van der Waals surface area (Å²) in [5.74, 6) is 0.854. The molecule has 7 unspecified atom stereocenters. The molecule has 4 fully saturated rings. The number of esters is 1. The molecule has 4 saturated carbocycles. The van der Waals surface area contributed by atoms with Gasteiger partial charge < -0.3 is 4.74 Å². The van der Waals surface area contributed by atoms with Crippen LogP contribution in [0.1, 0.15) is 113 Å². The summed E-state index contributed by atoms with van der Waals surface area (Å²) < 4.78 is 20.7. The summed E-state index contributed by atoms with van der Waals surface area (Å²) >= 11 is 0. The first-order chi connectivity index (χ1) is 17.1. The summed E-state index contributed by atoms with van der Waals surface area (Å²) in [6.45, 7) is 17.5. The molecule has 0 amide bonds. The monoisotopic (exact) mass is 514 g/mol. The molecule has 37 heavy (non-hydrogen) atoms. The molecule has 8 atom stereocenters. The van der Waals surface area contributed by atoms with Gasteiger partial charge in [0.05, 0.1) is 5.41 Å². The standard InChI is InChI=1S/C32H47FO4/c1-18(2)25-21(35)17-32(27(33)36)16-15-30(7)20(26(25)32)9-10-23-29(6)13-12-24(37-19(3)34)28(4,5)22(29)11-14-31(23,30)8/h18,20,22-24H,9-17H2,1-8H3/t20?,22?,23?,24?,29?,30?,31?,32-/m1/s1. The Morgan fingerprint density at radius 2 is 1.57 bits per heavy atom. The zero-order chi connectivity index (χ0) is 27.3. The molecule has 0 N–H and O–H groups in total. The van der Waals surface area contributed by atoms with Gasteiger partial charge in [-0.05, 0) is 102 Å². The quantitative estimate of drug-likeness (QED) is 0.291. The number of carbonyl (C=O) groups excluding carboxylic acids is 3. The third-order valence-electron chi connectivity index (χ3n) is 13.1. The number of ether oxygens (including phenoxy) is 1. The van der Waals surface area contributed by atoms with Crippen LogP contribution < -0.4 is 0 Å². The van der Waals surface area contributed by atoms with E-state index in [-0.39, 0.29) is 57.8 Å². The number of hydrogen-bond donors (Lipinski definition) is 0. The van der Waals surface area contributed by atoms with Crippen molar-refractivity contribution in [2.45, 2.75) is 119 Å². The van der Waals surface area contributed by atoms with Crippen LogP contribution in [0.4, 0.5) is 4.39 Å². The first-order valence-electron chi connectivity index (χ1n) is 14.7. The zero-order valence-electron chi connectivity index (χ0n) is 24.3. The molecular formula is C32H47FO4. The topological polar surface area (TPSA) is 60.4 Å². The molecule has 0 aromatic heterocycles. The van der Waals surface area contributed by atoms with E-state index in [0.717, 1.165) is 56.1 Å². The summed E-state index contributed by atoms with van der Waals surface area (Å²) in [7, 11) is 0. The van der Waals surface area contributed by atoms with Crippen LogP contribution in [0, 0.1) is 50.7 Å². The Labute approximate surface area is 222 Å². The van der Waals surface area contributed by atoms with Crippen molar-refractivity contribution in [1.82, 2.24) is 0 Å². The van der Waals surface area contributed by atoms with Crippen LogP contribution >= 0.6 is 0 Å². The van der Waals surface area contributed by atoms with Crippen molar-refractivity contribution in [3.63, 3.8) is 0 Å². The van der Waals surface area contributed by atoms with Gasteiger partial charge in [-0.2, -0.15) is 4.39 Å². The molecule has 0 bridgehead atoms. The first-order valence-corrected chi connectivity index (χ1v) is 14.7. The van der Waals surface area contributed by atoms with E-state index in [1.807, 2.05) is 13.8 Å². The van der Waals surface area contributed by atoms with Gasteiger partial charge in [-0.1, -0.05) is 48.5 Å². The van der Waals surface area contributed by atoms with Gasteiger partial charge in [0, 0.05) is 18.8 Å². The smallest absolute Gasteiger partial charge is 0.312 e. The molecular weight excluding hydrogens is 467 g/mol. The fraction of sp³-hybridized carbons (Fsp3) is 0.844.